The molecular weight excluding hydrogens is 310 g/mol. The van der Waals surface area contributed by atoms with Crippen molar-refractivity contribution >= 4 is 11.6 Å². The van der Waals surface area contributed by atoms with E-state index in [1.165, 1.54) is 11.3 Å². The first-order valence-corrected chi connectivity index (χ1v) is 9.00. The highest BCUT2D eigenvalue weighted by Gasteiger charge is 2.26. The van der Waals surface area contributed by atoms with Gasteiger partial charge in [0, 0.05) is 30.9 Å². The molecule has 0 aromatic heterocycles. The molecule has 2 aromatic carbocycles. The van der Waals surface area contributed by atoms with Crippen molar-refractivity contribution < 1.29 is 4.79 Å². The third kappa shape index (κ3) is 3.85. The number of rotatable bonds is 6. The summed E-state index contributed by atoms with van der Waals surface area (Å²) in [6.07, 6.45) is 1.07. The van der Waals surface area contributed by atoms with Gasteiger partial charge in [0.05, 0.1) is 5.92 Å². The highest BCUT2D eigenvalue weighted by molar-refractivity contribution is 5.79. The maximum atomic E-state index is 12.4. The predicted octanol–water partition coefficient (Wildman–Crippen LogP) is 2.89. The van der Waals surface area contributed by atoms with Crippen LogP contribution in [0.5, 0.6) is 0 Å². The van der Waals surface area contributed by atoms with Gasteiger partial charge in [0.25, 0.3) is 0 Å². The number of nitrogens with two attached hydrogens (primary N) is 1. The van der Waals surface area contributed by atoms with Crippen molar-refractivity contribution in [2.45, 2.75) is 32.4 Å². The van der Waals surface area contributed by atoms with E-state index >= 15 is 0 Å². The van der Waals surface area contributed by atoms with E-state index in [0.717, 1.165) is 18.5 Å². The Bertz CT molecular complexity index is 716. The van der Waals surface area contributed by atoms with Crippen LogP contribution in [-0.2, 0) is 11.2 Å². The summed E-state index contributed by atoms with van der Waals surface area (Å²) in [5, 5.41) is 3.05. The van der Waals surface area contributed by atoms with Crippen LogP contribution in [0.4, 0.5) is 5.69 Å². The van der Waals surface area contributed by atoms with E-state index in [0.29, 0.717) is 12.6 Å². The minimum Gasteiger partial charge on any atom is -0.367 e. The molecule has 0 bridgehead atoms. The van der Waals surface area contributed by atoms with Gasteiger partial charge in [-0.2, -0.15) is 0 Å². The number of amides is 1. The molecule has 3 N–H and O–H groups in total. The number of fused-ring (bicyclic) bond motifs is 1. The van der Waals surface area contributed by atoms with Gasteiger partial charge in [-0.25, -0.2) is 0 Å². The zero-order valence-corrected chi connectivity index (χ0v) is 15.0. The van der Waals surface area contributed by atoms with Crippen molar-refractivity contribution in [2.75, 3.05) is 18.0 Å². The Morgan fingerprint density at radius 3 is 2.64 bits per heavy atom. The minimum atomic E-state index is -0.285. The second-order valence-corrected chi connectivity index (χ2v) is 6.89. The highest BCUT2D eigenvalue weighted by Crippen LogP contribution is 2.31. The van der Waals surface area contributed by atoms with Gasteiger partial charge in [-0.15, -0.1) is 0 Å². The largest absolute Gasteiger partial charge is 0.367 e. The van der Waals surface area contributed by atoms with Crippen LogP contribution in [0.3, 0.4) is 0 Å². The van der Waals surface area contributed by atoms with Crippen LogP contribution in [0.2, 0.25) is 0 Å². The molecule has 3 rings (SSSR count). The Morgan fingerprint density at radius 2 is 1.88 bits per heavy atom. The maximum absolute atomic E-state index is 12.4. The summed E-state index contributed by atoms with van der Waals surface area (Å²) in [4.78, 5) is 14.8. The summed E-state index contributed by atoms with van der Waals surface area (Å²) in [6.45, 7) is 5.57. The second kappa shape index (κ2) is 7.70. The Balaban J connectivity index is 1.53. The van der Waals surface area contributed by atoms with E-state index in [-0.39, 0.29) is 17.9 Å². The summed E-state index contributed by atoms with van der Waals surface area (Å²) in [5.74, 6) is -0.248. The molecule has 0 fully saturated rings. The molecule has 1 aliphatic heterocycles. The van der Waals surface area contributed by atoms with Crippen molar-refractivity contribution in [3.8, 4) is 0 Å². The molecule has 4 nitrogen and oxygen atoms in total. The normalized spacial score (nSPS) is 18.5. The number of hydrogen-bond acceptors (Lipinski definition) is 3. The Hall–Kier alpha value is -2.33. The number of nitrogens with zero attached hydrogens (tertiary/aromatic N) is 1. The summed E-state index contributed by atoms with van der Waals surface area (Å²) in [5.41, 5.74) is 9.92. The summed E-state index contributed by atoms with van der Waals surface area (Å²) < 4.78 is 0. The summed E-state index contributed by atoms with van der Waals surface area (Å²) in [6, 6.07) is 18.5. The molecule has 4 heteroatoms. The van der Waals surface area contributed by atoms with Crippen molar-refractivity contribution in [1.29, 1.82) is 0 Å². The fourth-order valence-electron chi connectivity index (χ4n) is 3.56. The SMILES string of the molecule is CC(C(=O)NCCN1c2ccccc2CC1C)C(N)c1ccccc1. The van der Waals surface area contributed by atoms with Crippen LogP contribution in [0, 0.1) is 5.92 Å². The zero-order valence-electron chi connectivity index (χ0n) is 15.0. The first kappa shape index (κ1) is 17.5. The van der Waals surface area contributed by atoms with Crippen LogP contribution in [0.1, 0.15) is 31.0 Å². The molecule has 132 valence electrons. The molecule has 1 amide bonds. The van der Waals surface area contributed by atoms with Gasteiger partial charge in [-0.3, -0.25) is 4.79 Å². The molecule has 3 unspecified atom stereocenters. The Morgan fingerprint density at radius 1 is 1.20 bits per heavy atom. The number of benzene rings is 2. The monoisotopic (exact) mass is 337 g/mol. The molecule has 1 aliphatic rings. The number of para-hydroxylation sites is 1. The summed E-state index contributed by atoms with van der Waals surface area (Å²) in [7, 11) is 0. The van der Waals surface area contributed by atoms with Crippen LogP contribution in [0.15, 0.2) is 54.6 Å². The molecule has 0 aliphatic carbocycles. The van der Waals surface area contributed by atoms with E-state index in [4.69, 9.17) is 5.73 Å². The molecule has 0 radical (unpaired) electrons. The van der Waals surface area contributed by atoms with Gasteiger partial charge < -0.3 is 16.0 Å². The fraction of sp³-hybridized carbons (Fsp3) is 0.381. The number of nitrogens with one attached hydrogen (secondary N) is 1. The van der Waals surface area contributed by atoms with Crippen LogP contribution < -0.4 is 16.0 Å². The van der Waals surface area contributed by atoms with Gasteiger partial charge in [0.15, 0.2) is 0 Å². The van der Waals surface area contributed by atoms with E-state index < -0.39 is 0 Å². The fourth-order valence-corrected chi connectivity index (χ4v) is 3.56. The van der Waals surface area contributed by atoms with Crippen LogP contribution in [0.25, 0.3) is 0 Å². The molecule has 2 aromatic rings. The average Bonchev–Trinajstić information content (AvgIpc) is 2.96. The smallest absolute Gasteiger partial charge is 0.224 e. The summed E-state index contributed by atoms with van der Waals surface area (Å²) >= 11 is 0. The Kier molecular flexibility index (Phi) is 5.39. The van der Waals surface area contributed by atoms with E-state index in [1.807, 2.05) is 37.3 Å². The lowest BCUT2D eigenvalue weighted by molar-refractivity contribution is -0.125. The average molecular weight is 337 g/mol. The molecule has 3 atom stereocenters. The first-order chi connectivity index (χ1) is 12.1. The zero-order chi connectivity index (χ0) is 17.8. The van der Waals surface area contributed by atoms with Crippen molar-refractivity contribution in [1.82, 2.24) is 5.32 Å². The molecule has 0 saturated heterocycles. The topological polar surface area (TPSA) is 58.4 Å². The van der Waals surface area contributed by atoms with Crippen molar-refractivity contribution in [2.24, 2.45) is 11.7 Å². The third-order valence-electron chi connectivity index (χ3n) is 5.14. The van der Waals surface area contributed by atoms with Gasteiger partial charge in [-0.05, 0) is 30.5 Å². The number of hydrogen-bond donors (Lipinski definition) is 2. The van der Waals surface area contributed by atoms with Crippen LogP contribution in [-0.4, -0.2) is 25.0 Å². The molecule has 25 heavy (non-hydrogen) atoms. The Labute approximate surface area is 150 Å². The molecule has 0 spiro atoms. The van der Waals surface area contributed by atoms with Gasteiger partial charge in [-0.1, -0.05) is 55.5 Å². The molecule has 0 saturated carbocycles. The molecule has 1 heterocycles. The second-order valence-electron chi connectivity index (χ2n) is 6.89. The quantitative estimate of drug-likeness (QED) is 0.852. The third-order valence-corrected chi connectivity index (χ3v) is 5.14. The number of carbonyl (C=O) groups is 1. The predicted molar refractivity (Wildman–Crippen MR) is 102 cm³/mol. The van der Waals surface area contributed by atoms with E-state index in [9.17, 15) is 4.79 Å². The number of anilines is 1. The van der Waals surface area contributed by atoms with Gasteiger partial charge in [0.1, 0.15) is 0 Å². The lowest BCUT2D eigenvalue weighted by atomic mass is 9.95. The minimum absolute atomic E-state index is 0.0106. The van der Waals surface area contributed by atoms with Crippen molar-refractivity contribution in [3.05, 3.63) is 65.7 Å². The first-order valence-electron chi connectivity index (χ1n) is 9.00. The van der Waals surface area contributed by atoms with Crippen molar-refractivity contribution in [3.63, 3.8) is 0 Å². The lowest BCUT2D eigenvalue weighted by Gasteiger charge is -2.26. The maximum Gasteiger partial charge on any atom is 0.224 e. The number of carbonyl (C=O) groups excluding carboxylic acids is 1. The van der Waals surface area contributed by atoms with E-state index in [1.54, 1.807) is 0 Å². The highest BCUT2D eigenvalue weighted by atomic mass is 16.1. The van der Waals surface area contributed by atoms with E-state index in [2.05, 4.69) is 41.4 Å². The lowest BCUT2D eigenvalue weighted by Crippen LogP contribution is -2.41. The van der Waals surface area contributed by atoms with Crippen LogP contribution >= 0.6 is 0 Å². The van der Waals surface area contributed by atoms with Gasteiger partial charge in [0.2, 0.25) is 5.91 Å². The standard InChI is InChI=1S/C21H27N3O/c1-15-14-18-10-6-7-11-19(18)24(15)13-12-23-21(25)16(2)20(22)17-8-4-3-5-9-17/h3-11,15-16,20H,12-14,22H2,1-2H3,(H,23,25). The van der Waals surface area contributed by atoms with Gasteiger partial charge >= 0.3 is 0 Å². The molecular formula is C21H27N3O.